The van der Waals surface area contributed by atoms with Crippen molar-refractivity contribution in [2.75, 3.05) is 12.4 Å². The molecule has 2 nitrogen and oxygen atoms in total. The van der Waals surface area contributed by atoms with Gasteiger partial charge in [-0.1, -0.05) is 26.2 Å². The van der Waals surface area contributed by atoms with Crippen molar-refractivity contribution >= 4 is 17.5 Å². The van der Waals surface area contributed by atoms with Gasteiger partial charge in [0.2, 0.25) is 5.91 Å². The molecule has 3 heteroatoms. The van der Waals surface area contributed by atoms with E-state index in [2.05, 4.69) is 4.90 Å². The average molecular weight is 258 g/mol. The van der Waals surface area contributed by atoms with E-state index in [1.54, 1.807) is 0 Å². The Labute approximate surface area is 110 Å². The topological polar surface area (TPSA) is 20.3 Å². The predicted octanol–water partition coefficient (Wildman–Crippen LogP) is 3.43. The monoisotopic (exact) mass is 257 g/mol. The first-order chi connectivity index (χ1) is 8.24. The molecule has 98 valence electrons. The highest BCUT2D eigenvalue weighted by molar-refractivity contribution is 6.19. The van der Waals surface area contributed by atoms with Gasteiger partial charge in [-0.05, 0) is 31.6 Å². The molecular weight excluding hydrogens is 234 g/mol. The van der Waals surface area contributed by atoms with Gasteiger partial charge in [-0.25, -0.2) is 0 Å². The smallest absolute Gasteiger partial charge is 0.226 e. The maximum atomic E-state index is 12.3. The molecule has 1 aliphatic carbocycles. The summed E-state index contributed by atoms with van der Waals surface area (Å²) in [5.41, 5.74) is 0. The van der Waals surface area contributed by atoms with Crippen LogP contribution in [0.25, 0.3) is 0 Å². The van der Waals surface area contributed by atoms with Crippen molar-refractivity contribution in [1.29, 1.82) is 0 Å². The third kappa shape index (κ3) is 2.96. The minimum absolute atomic E-state index is 0.0131. The van der Waals surface area contributed by atoms with Crippen molar-refractivity contribution in [2.24, 2.45) is 11.8 Å². The standard InChI is InChI=1S/C14H24ClNO/c1-11(10-15)14(17)16-9-5-8-13(16)12-6-3-2-4-7-12/h11-13H,2-10H2,1H3. The second-order valence-electron chi connectivity index (χ2n) is 5.69. The number of hydrogen-bond donors (Lipinski definition) is 0. The summed E-state index contributed by atoms with van der Waals surface area (Å²) in [5, 5.41) is 0. The molecule has 0 N–H and O–H groups in total. The van der Waals surface area contributed by atoms with Crippen LogP contribution in [-0.2, 0) is 4.79 Å². The van der Waals surface area contributed by atoms with E-state index in [9.17, 15) is 4.79 Å². The summed E-state index contributed by atoms with van der Waals surface area (Å²) in [7, 11) is 0. The molecule has 1 amide bonds. The van der Waals surface area contributed by atoms with E-state index in [1.807, 2.05) is 6.92 Å². The highest BCUT2D eigenvalue weighted by atomic mass is 35.5. The lowest BCUT2D eigenvalue weighted by molar-refractivity contribution is -0.136. The first-order valence-electron chi connectivity index (χ1n) is 7.10. The molecule has 2 fully saturated rings. The van der Waals surface area contributed by atoms with Crippen molar-refractivity contribution < 1.29 is 4.79 Å². The Morgan fingerprint density at radius 3 is 2.59 bits per heavy atom. The van der Waals surface area contributed by atoms with Crippen LogP contribution in [0.4, 0.5) is 0 Å². The van der Waals surface area contributed by atoms with Crippen molar-refractivity contribution in [3.05, 3.63) is 0 Å². The lowest BCUT2D eigenvalue weighted by atomic mass is 9.83. The number of nitrogens with zero attached hydrogens (tertiary/aromatic N) is 1. The number of alkyl halides is 1. The van der Waals surface area contributed by atoms with Gasteiger partial charge in [0.25, 0.3) is 0 Å². The van der Waals surface area contributed by atoms with Gasteiger partial charge >= 0.3 is 0 Å². The van der Waals surface area contributed by atoms with Crippen LogP contribution in [0.1, 0.15) is 51.9 Å². The van der Waals surface area contributed by atoms with Gasteiger partial charge < -0.3 is 4.90 Å². The molecule has 0 bridgehead atoms. The highest BCUT2D eigenvalue weighted by Crippen LogP contribution is 2.34. The van der Waals surface area contributed by atoms with Crippen molar-refractivity contribution in [2.45, 2.75) is 57.9 Å². The van der Waals surface area contributed by atoms with Crippen LogP contribution in [0.5, 0.6) is 0 Å². The lowest BCUT2D eigenvalue weighted by Gasteiger charge is -2.35. The van der Waals surface area contributed by atoms with E-state index < -0.39 is 0 Å². The normalized spacial score (nSPS) is 28.4. The van der Waals surface area contributed by atoms with Crippen molar-refractivity contribution in [1.82, 2.24) is 4.90 Å². The van der Waals surface area contributed by atoms with Gasteiger partial charge in [0, 0.05) is 24.4 Å². The largest absolute Gasteiger partial charge is 0.339 e. The van der Waals surface area contributed by atoms with Crippen LogP contribution in [0, 0.1) is 11.8 Å². The van der Waals surface area contributed by atoms with Gasteiger partial charge in [-0.3, -0.25) is 4.79 Å². The van der Waals surface area contributed by atoms with Gasteiger partial charge in [-0.2, -0.15) is 0 Å². The number of carbonyl (C=O) groups is 1. The summed E-state index contributed by atoms with van der Waals surface area (Å²) < 4.78 is 0. The first kappa shape index (κ1) is 13.2. The van der Waals surface area contributed by atoms with Gasteiger partial charge in [0.1, 0.15) is 0 Å². The Morgan fingerprint density at radius 2 is 1.94 bits per heavy atom. The lowest BCUT2D eigenvalue weighted by Crippen LogP contribution is -2.43. The summed E-state index contributed by atoms with van der Waals surface area (Å²) in [6.07, 6.45) is 9.14. The Morgan fingerprint density at radius 1 is 1.24 bits per heavy atom. The minimum atomic E-state index is -0.0131. The molecular formula is C14H24ClNO. The van der Waals surface area contributed by atoms with Crippen LogP contribution in [0.3, 0.4) is 0 Å². The maximum Gasteiger partial charge on any atom is 0.226 e. The summed E-state index contributed by atoms with van der Waals surface area (Å²) >= 11 is 5.81. The van der Waals surface area contributed by atoms with Crippen LogP contribution in [-0.4, -0.2) is 29.3 Å². The zero-order valence-corrected chi connectivity index (χ0v) is 11.6. The second kappa shape index (κ2) is 6.08. The summed E-state index contributed by atoms with van der Waals surface area (Å²) in [6, 6.07) is 0.522. The fourth-order valence-corrected chi connectivity index (χ4v) is 3.56. The van der Waals surface area contributed by atoms with E-state index >= 15 is 0 Å². The number of hydrogen-bond acceptors (Lipinski definition) is 1. The molecule has 0 spiro atoms. The van der Waals surface area contributed by atoms with Crippen molar-refractivity contribution in [3.63, 3.8) is 0 Å². The van der Waals surface area contributed by atoms with E-state index in [1.165, 1.54) is 44.9 Å². The average Bonchev–Trinajstić information content (AvgIpc) is 2.87. The highest BCUT2D eigenvalue weighted by Gasteiger charge is 2.36. The molecule has 1 aliphatic heterocycles. The fourth-order valence-electron chi connectivity index (χ4n) is 3.42. The molecule has 0 aromatic carbocycles. The Hall–Kier alpha value is -0.240. The maximum absolute atomic E-state index is 12.3. The Balaban J connectivity index is 1.98. The number of rotatable bonds is 3. The molecule has 0 aromatic rings. The molecule has 17 heavy (non-hydrogen) atoms. The van der Waals surface area contributed by atoms with E-state index in [0.29, 0.717) is 11.9 Å². The molecule has 2 unspecified atom stereocenters. The third-order valence-electron chi connectivity index (χ3n) is 4.43. The molecule has 2 rings (SSSR count). The zero-order chi connectivity index (χ0) is 12.3. The quantitative estimate of drug-likeness (QED) is 0.710. The molecule has 2 atom stereocenters. The van der Waals surface area contributed by atoms with Gasteiger partial charge in [0.05, 0.1) is 0 Å². The van der Waals surface area contributed by atoms with Gasteiger partial charge in [-0.15, -0.1) is 11.6 Å². The van der Waals surface area contributed by atoms with Crippen LogP contribution >= 0.6 is 11.6 Å². The molecule has 2 aliphatic rings. The molecule has 0 radical (unpaired) electrons. The minimum Gasteiger partial charge on any atom is -0.339 e. The predicted molar refractivity (Wildman–Crippen MR) is 71.2 cm³/mol. The van der Waals surface area contributed by atoms with Crippen molar-refractivity contribution in [3.8, 4) is 0 Å². The molecule has 1 saturated carbocycles. The number of amides is 1. The van der Waals surface area contributed by atoms with Crippen LogP contribution in [0.2, 0.25) is 0 Å². The zero-order valence-electron chi connectivity index (χ0n) is 10.8. The van der Waals surface area contributed by atoms with Gasteiger partial charge in [0.15, 0.2) is 0 Å². The summed E-state index contributed by atoms with van der Waals surface area (Å²) in [5.74, 6) is 1.49. The van der Waals surface area contributed by atoms with E-state index in [4.69, 9.17) is 11.6 Å². The second-order valence-corrected chi connectivity index (χ2v) is 6.00. The number of likely N-dealkylation sites (tertiary alicyclic amines) is 1. The SMILES string of the molecule is CC(CCl)C(=O)N1CCCC1C1CCCCC1. The molecule has 0 aromatic heterocycles. The van der Waals surface area contributed by atoms with E-state index in [0.717, 1.165) is 12.5 Å². The van der Waals surface area contributed by atoms with Crippen LogP contribution < -0.4 is 0 Å². The third-order valence-corrected chi connectivity index (χ3v) is 4.89. The molecule has 1 saturated heterocycles. The Bertz CT molecular complexity index is 263. The number of carbonyl (C=O) groups excluding carboxylic acids is 1. The summed E-state index contributed by atoms with van der Waals surface area (Å²) in [6.45, 7) is 2.91. The summed E-state index contributed by atoms with van der Waals surface area (Å²) in [4.78, 5) is 14.4. The number of halogens is 1. The first-order valence-corrected chi connectivity index (χ1v) is 7.64. The fraction of sp³-hybridized carbons (Fsp3) is 0.929. The van der Waals surface area contributed by atoms with Crippen LogP contribution in [0.15, 0.2) is 0 Å². The van der Waals surface area contributed by atoms with E-state index in [-0.39, 0.29) is 11.8 Å². The Kier molecular flexibility index (Phi) is 4.72. The molecule has 1 heterocycles.